The number of nitrogens with zero attached hydrogens (tertiary/aromatic N) is 2. The number of rotatable bonds is 4. The first-order chi connectivity index (χ1) is 11.7. The fourth-order valence-electron chi connectivity index (χ4n) is 3.10. The molecule has 124 valence electrons. The Labute approximate surface area is 148 Å². The summed E-state index contributed by atoms with van der Waals surface area (Å²) in [6.45, 7) is 0. The molecular formula is C17H16ClN3O2S. The van der Waals surface area contributed by atoms with Crippen LogP contribution in [0.15, 0.2) is 18.2 Å². The number of hydrogen-bond acceptors (Lipinski definition) is 6. The van der Waals surface area contributed by atoms with E-state index in [1.165, 1.54) is 16.9 Å². The van der Waals surface area contributed by atoms with Crippen molar-refractivity contribution in [3.63, 3.8) is 0 Å². The van der Waals surface area contributed by atoms with Gasteiger partial charge in [0.2, 0.25) is 5.28 Å². The number of fused-ring (bicyclic) bond motifs is 3. The Bertz CT molecular complexity index is 926. The van der Waals surface area contributed by atoms with Crippen LogP contribution in [0.25, 0.3) is 10.2 Å². The summed E-state index contributed by atoms with van der Waals surface area (Å²) >= 11 is 7.84. The van der Waals surface area contributed by atoms with Crippen molar-refractivity contribution in [2.24, 2.45) is 0 Å². The predicted octanol–water partition coefficient (Wildman–Crippen LogP) is 4.59. The largest absolute Gasteiger partial charge is 0.497 e. The van der Waals surface area contributed by atoms with Crippen LogP contribution in [-0.2, 0) is 12.8 Å². The Kier molecular flexibility index (Phi) is 3.94. The molecule has 3 aromatic rings. The maximum atomic E-state index is 6.13. The van der Waals surface area contributed by atoms with Gasteiger partial charge in [0.15, 0.2) is 0 Å². The number of aryl methyl sites for hydroxylation is 2. The third-order valence-corrected chi connectivity index (χ3v) is 5.55. The first kappa shape index (κ1) is 15.5. The van der Waals surface area contributed by atoms with Gasteiger partial charge in [-0.05, 0) is 48.6 Å². The minimum absolute atomic E-state index is 0.242. The summed E-state index contributed by atoms with van der Waals surface area (Å²) in [6.07, 6.45) is 3.35. The molecule has 0 atom stereocenters. The van der Waals surface area contributed by atoms with Gasteiger partial charge in [-0.15, -0.1) is 11.3 Å². The molecule has 1 aliphatic carbocycles. The molecule has 1 aliphatic rings. The lowest BCUT2D eigenvalue weighted by Crippen LogP contribution is -2.00. The molecular weight excluding hydrogens is 346 g/mol. The summed E-state index contributed by atoms with van der Waals surface area (Å²) in [5, 5.41) is 4.68. The molecule has 0 radical (unpaired) electrons. The van der Waals surface area contributed by atoms with Gasteiger partial charge in [0.1, 0.15) is 22.1 Å². The fraction of sp³-hybridized carbons (Fsp3) is 0.294. The zero-order valence-corrected chi connectivity index (χ0v) is 14.9. The molecule has 24 heavy (non-hydrogen) atoms. The van der Waals surface area contributed by atoms with Crippen molar-refractivity contribution in [3.05, 3.63) is 33.9 Å². The highest BCUT2D eigenvalue weighted by molar-refractivity contribution is 7.19. The number of aromatic nitrogens is 2. The topological polar surface area (TPSA) is 56.3 Å². The lowest BCUT2D eigenvalue weighted by atomic mass is 10.2. The van der Waals surface area contributed by atoms with E-state index in [-0.39, 0.29) is 5.28 Å². The Balaban J connectivity index is 1.85. The first-order valence-corrected chi connectivity index (χ1v) is 8.86. The average molecular weight is 362 g/mol. The maximum absolute atomic E-state index is 6.13. The number of halogens is 1. The molecule has 0 spiro atoms. The predicted molar refractivity (Wildman–Crippen MR) is 97.3 cm³/mol. The van der Waals surface area contributed by atoms with E-state index in [2.05, 4.69) is 15.3 Å². The lowest BCUT2D eigenvalue weighted by molar-refractivity contribution is 0.405. The molecule has 0 saturated carbocycles. The Hall–Kier alpha value is -2.05. The highest BCUT2D eigenvalue weighted by Crippen LogP contribution is 2.41. The van der Waals surface area contributed by atoms with Crippen molar-refractivity contribution >= 4 is 44.7 Å². The van der Waals surface area contributed by atoms with E-state index in [9.17, 15) is 0 Å². The highest BCUT2D eigenvalue weighted by Gasteiger charge is 2.22. The number of nitrogens with one attached hydrogen (secondary N) is 1. The van der Waals surface area contributed by atoms with Crippen LogP contribution in [0.3, 0.4) is 0 Å². The summed E-state index contributed by atoms with van der Waals surface area (Å²) in [7, 11) is 3.27. The minimum Gasteiger partial charge on any atom is -0.497 e. The van der Waals surface area contributed by atoms with Crippen LogP contribution in [0.5, 0.6) is 11.5 Å². The number of anilines is 2. The van der Waals surface area contributed by atoms with Crippen LogP contribution in [0, 0.1) is 0 Å². The van der Waals surface area contributed by atoms with Crippen molar-refractivity contribution in [1.29, 1.82) is 0 Å². The van der Waals surface area contributed by atoms with Gasteiger partial charge in [-0.25, -0.2) is 4.98 Å². The van der Waals surface area contributed by atoms with Gasteiger partial charge in [0.05, 0.1) is 25.3 Å². The molecule has 1 aromatic carbocycles. The maximum Gasteiger partial charge on any atom is 0.225 e. The molecule has 4 rings (SSSR count). The quantitative estimate of drug-likeness (QED) is 0.688. The number of ether oxygens (including phenoxy) is 2. The summed E-state index contributed by atoms with van der Waals surface area (Å²) in [4.78, 5) is 11.2. The van der Waals surface area contributed by atoms with Crippen molar-refractivity contribution in [3.8, 4) is 11.5 Å². The van der Waals surface area contributed by atoms with E-state index in [0.29, 0.717) is 5.75 Å². The van der Waals surface area contributed by atoms with E-state index < -0.39 is 0 Å². The zero-order chi connectivity index (χ0) is 16.7. The molecule has 2 aromatic heterocycles. The molecule has 0 fully saturated rings. The molecule has 0 saturated heterocycles. The molecule has 0 bridgehead atoms. The summed E-state index contributed by atoms with van der Waals surface area (Å²) < 4.78 is 10.8. The van der Waals surface area contributed by atoms with Crippen molar-refractivity contribution in [1.82, 2.24) is 9.97 Å². The lowest BCUT2D eigenvalue weighted by Gasteiger charge is -2.13. The van der Waals surface area contributed by atoms with E-state index in [4.69, 9.17) is 21.1 Å². The van der Waals surface area contributed by atoms with E-state index >= 15 is 0 Å². The van der Waals surface area contributed by atoms with Crippen LogP contribution in [-0.4, -0.2) is 24.2 Å². The van der Waals surface area contributed by atoms with Crippen molar-refractivity contribution in [2.45, 2.75) is 19.3 Å². The monoisotopic (exact) mass is 361 g/mol. The van der Waals surface area contributed by atoms with Gasteiger partial charge in [-0.3, -0.25) is 0 Å². The molecule has 0 unspecified atom stereocenters. The fourth-order valence-corrected chi connectivity index (χ4v) is 4.58. The van der Waals surface area contributed by atoms with Gasteiger partial charge >= 0.3 is 0 Å². The standard InChI is InChI=1S/C17H16ClN3O2S/c1-22-9-6-7-12(23-2)11(8-9)19-15-14-10-4-3-5-13(10)24-16(14)21-17(18)20-15/h6-8H,3-5H2,1-2H3,(H,19,20,21). The number of thiophene rings is 1. The first-order valence-electron chi connectivity index (χ1n) is 7.66. The van der Waals surface area contributed by atoms with Gasteiger partial charge in [0, 0.05) is 10.9 Å². The SMILES string of the molecule is COc1ccc(OC)c(Nc2nc(Cl)nc3sc4c(c23)CCC4)c1. The minimum atomic E-state index is 0.242. The molecule has 7 heteroatoms. The number of methoxy groups -OCH3 is 2. The second-order valence-corrected chi connectivity index (χ2v) is 6.99. The van der Waals surface area contributed by atoms with Gasteiger partial charge in [-0.1, -0.05) is 0 Å². The molecule has 1 N–H and O–H groups in total. The molecule has 0 aliphatic heterocycles. The Morgan fingerprint density at radius 1 is 1.17 bits per heavy atom. The van der Waals surface area contributed by atoms with Gasteiger partial charge in [0.25, 0.3) is 0 Å². The van der Waals surface area contributed by atoms with Gasteiger partial charge in [-0.2, -0.15) is 4.98 Å². The van der Waals surface area contributed by atoms with Crippen LogP contribution in [0.4, 0.5) is 11.5 Å². The van der Waals surface area contributed by atoms with Crippen molar-refractivity contribution in [2.75, 3.05) is 19.5 Å². The number of benzene rings is 1. The Morgan fingerprint density at radius 3 is 2.83 bits per heavy atom. The van der Waals surface area contributed by atoms with Gasteiger partial charge < -0.3 is 14.8 Å². The number of hydrogen-bond donors (Lipinski definition) is 1. The molecule has 5 nitrogen and oxygen atoms in total. The highest BCUT2D eigenvalue weighted by atomic mass is 35.5. The Morgan fingerprint density at radius 2 is 2.04 bits per heavy atom. The third-order valence-electron chi connectivity index (χ3n) is 4.20. The van der Waals surface area contributed by atoms with E-state index in [1.54, 1.807) is 25.6 Å². The third kappa shape index (κ3) is 2.56. The molecule has 0 amide bonds. The summed E-state index contributed by atoms with van der Waals surface area (Å²) in [5.74, 6) is 2.17. The van der Waals surface area contributed by atoms with E-state index in [0.717, 1.165) is 40.3 Å². The average Bonchev–Trinajstić information content (AvgIpc) is 3.14. The molecule has 2 heterocycles. The van der Waals surface area contributed by atoms with Crippen LogP contribution in [0.2, 0.25) is 5.28 Å². The second-order valence-electron chi connectivity index (χ2n) is 5.57. The van der Waals surface area contributed by atoms with Crippen LogP contribution >= 0.6 is 22.9 Å². The zero-order valence-electron chi connectivity index (χ0n) is 13.4. The van der Waals surface area contributed by atoms with Crippen LogP contribution in [0.1, 0.15) is 16.9 Å². The normalized spacial score (nSPS) is 13.1. The van der Waals surface area contributed by atoms with Crippen molar-refractivity contribution < 1.29 is 9.47 Å². The summed E-state index contributed by atoms with van der Waals surface area (Å²) in [5.41, 5.74) is 2.13. The summed E-state index contributed by atoms with van der Waals surface area (Å²) in [6, 6.07) is 5.60. The second kappa shape index (κ2) is 6.11. The smallest absolute Gasteiger partial charge is 0.225 e. The van der Waals surface area contributed by atoms with Crippen LogP contribution < -0.4 is 14.8 Å². The van der Waals surface area contributed by atoms with E-state index in [1.807, 2.05) is 18.2 Å².